The van der Waals surface area contributed by atoms with Gasteiger partial charge in [-0.2, -0.15) is 0 Å². The largest absolute Gasteiger partial charge is 0.388 e. The number of hydrogen-bond acceptors (Lipinski definition) is 1. The summed E-state index contributed by atoms with van der Waals surface area (Å²) in [7, 11) is 0. The van der Waals surface area contributed by atoms with Crippen LogP contribution < -0.4 is 0 Å². The van der Waals surface area contributed by atoms with Crippen LogP contribution in [0.15, 0.2) is 53.6 Å². The van der Waals surface area contributed by atoms with E-state index in [0.717, 1.165) is 42.6 Å². The molecule has 1 aromatic carbocycles. The summed E-state index contributed by atoms with van der Waals surface area (Å²) in [5, 5.41) is 10.2. The molecule has 5 atom stereocenters. The Bertz CT molecular complexity index is 918. The summed E-state index contributed by atoms with van der Waals surface area (Å²) >= 11 is 0. The van der Waals surface area contributed by atoms with Crippen LogP contribution in [0, 0.1) is 37.0 Å². The van der Waals surface area contributed by atoms with E-state index in [9.17, 15) is 5.11 Å². The second-order valence-electron chi connectivity index (χ2n) is 11.8. The topological polar surface area (TPSA) is 20.2 Å². The third kappa shape index (κ3) is 5.24. The van der Waals surface area contributed by atoms with Crippen molar-refractivity contribution in [2.24, 2.45) is 23.2 Å². The second kappa shape index (κ2) is 10.3. The van der Waals surface area contributed by atoms with Crippen LogP contribution in [0.3, 0.4) is 0 Å². The summed E-state index contributed by atoms with van der Waals surface area (Å²) < 4.78 is 0. The highest BCUT2D eigenvalue weighted by Crippen LogP contribution is 2.59. The normalized spacial score (nSPS) is 33.5. The van der Waals surface area contributed by atoms with Gasteiger partial charge in [0.25, 0.3) is 0 Å². The Balaban J connectivity index is 1.39. The highest BCUT2D eigenvalue weighted by Gasteiger charge is 2.50. The zero-order valence-corrected chi connectivity index (χ0v) is 21.6. The fraction of sp³-hybridized carbons (Fsp3) is 0.625. The van der Waals surface area contributed by atoms with Crippen LogP contribution in [0.1, 0.15) is 94.7 Å². The molecule has 1 aromatic rings. The summed E-state index contributed by atoms with van der Waals surface area (Å²) in [5.41, 5.74) is 8.71. The molecule has 0 aromatic heterocycles. The molecule has 33 heavy (non-hydrogen) atoms. The van der Waals surface area contributed by atoms with E-state index in [4.69, 9.17) is 0 Å². The van der Waals surface area contributed by atoms with Gasteiger partial charge in [0.1, 0.15) is 0 Å². The molecule has 0 amide bonds. The third-order valence-corrected chi connectivity index (χ3v) is 9.66. The highest BCUT2D eigenvalue weighted by atomic mass is 16.3. The maximum Gasteiger partial charge on any atom is 0.0787 e. The minimum atomic E-state index is -0.333. The number of aliphatic hydroxyl groups excluding tert-OH is 1. The van der Waals surface area contributed by atoms with E-state index >= 15 is 0 Å². The Morgan fingerprint density at radius 3 is 2.70 bits per heavy atom. The molecule has 0 spiro atoms. The van der Waals surface area contributed by atoms with Crippen molar-refractivity contribution in [2.45, 2.75) is 104 Å². The number of fused-ring (bicyclic) bond motifs is 1. The lowest BCUT2D eigenvalue weighted by Gasteiger charge is -2.44. The molecule has 1 N–H and O–H groups in total. The first kappa shape index (κ1) is 24.5. The first-order valence-electron chi connectivity index (χ1n) is 13.6. The van der Waals surface area contributed by atoms with E-state index in [-0.39, 0.29) is 6.10 Å². The predicted molar refractivity (Wildman–Crippen MR) is 141 cm³/mol. The SMILES string of the molecule is C=C1/C(=C\C=C2/CCCC3(C)C2CCC3[C@H](C)CCCc2ccc(C)c(C)c2)CCCC1O. The summed E-state index contributed by atoms with van der Waals surface area (Å²) in [6.07, 6.45) is 18.0. The lowest BCUT2D eigenvalue weighted by Crippen LogP contribution is -2.36. The van der Waals surface area contributed by atoms with Crippen LogP contribution in [0.5, 0.6) is 0 Å². The number of benzene rings is 1. The molecule has 3 aliphatic rings. The number of rotatable bonds is 6. The molecule has 3 aliphatic carbocycles. The van der Waals surface area contributed by atoms with Crippen molar-refractivity contribution in [3.63, 3.8) is 0 Å². The predicted octanol–water partition coefficient (Wildman–Crippen LogP) is 8.43. The van der Waals surface area contributed by atoms with E-state index in [0.29, 0.717) is 5.41 Å². The molecule has 180 valence electrons. The molecule has 4 rings (SSSR count). The molecule has 0 radical (unpaired) electrons. The summed E-state index contributed by atoms with van der Waals surface area (Å²) in [4.78, 5) is 0. The molecule has 3 fully saturated rings. The van der Waals surface area contributed by atoms with Crippen molar-refractivity contribution in [1.29, 1.82) is 0 Å². The Hall–Kier alpha value is -1.60. The van der Waals surface area contributed by atoms with Gasteiger partial charge in [0.2, 0.25) is 0 Å². The fourth-order valence-electron chi connectivity index (χ4n) is 7.44. The van der Waals surface area contributed by atoms with Crippen LogP contribution in [0.25, 0.3) is 0 Å². The van der Waals surface area contributed by atoms with Gasteiger partial charge in [-0.1, -0.05) is 62.8 Å². The molecule has 1 nitrogen and oxygen atoms in total. The standard InChI is InChI=1S/C32H46O/c1-22-14-15-26(21-24(22)3)10-6-9-23(2)29-18-19-30-28(12-8-20-32(29,30)5)17-16-27-11-7-13-31(33)25(27)4/h14-17,21,23,29-31,33H,4,6-13,18-20H2,1-3,5H3/b27-16-,28-17+/t23-,29?,30?,31?,32?/m1/s1. The van der Waals surface area contributed by atoms with E-state index in [1.54, 1.807) is 5.57 Å². The average molecular weight is 447 g/mol. The summed E-state index contributed by atoms with van der Waals surface area (Å²) in [5.74, 6) is 2.40. The zero-order chi connectivity index (χ0) is 23.6. The second-order valence-corrected chi connectivity index (χ2v) is 11.8. The van der Waals surface area contributed by atoms with Gasteiger partial charge in [-0.15, -0.1) is 0 Å². The van der Waals surface area contributed by atoms with Crippen molar-refractivity contribution in [3.8, 4) is 0 Å². The third-order valence-electron chi connectivity index (χ3n) is 9.66. The number of aliphatic hydroxyl groups is 1. The molecule has 3 saturated carbocycles. The van der Waals surface area contributed by atoms with Crippen molar-refractivity contribution in [3.05, 3.63) is 70.3 Å². The van der Waals surface area contributed by atoms with Crippen LogP contribution in [0.4, 0.5) is 0 Å². The summed E-state index contributed by atoms with van der Waals surface area (Å²) in [6, 6.07) is 7.00. The van der Waals surface area contributed by atoms with Gasteiger partial charge in [-0.3, -0.25) is 0 Å². The molecule has 0 saturated heterocycles. The molecule has 0 heterocycles. The van der Waals surface area contributed by atoms with Gasteiger partial charge >= 0.3 is 0 Å². The fourth-order valence-corrected chi connectivity index (χ4v) is 7.44. The molecular weight excluding hydrogens is 400 g/mol. The lowest BCUT2D eigenvalue weighted by molar-refractivity contribution is 0.0935. The minimum absolute atomic E-state index is 0.333. The monoisotopic (exact) mass is 446 g/mol. The van der Waals surface area contributed by atoms with Crippen LogP contribution in [-0.2, 0) is 6.42 Å². The highest BCUT2D eigenvalue weighted by molar-refractivity contribution is 5.38. The molecule has 0 bridgehead atoms. The van der Waals surface area contributed by atoms with Gasteiger partial charge in [0, 0.05) is 0 Å². The molecule has 4 unspecified atom stereocenters. The quantitative estimate of drug-likeness (QED) is 0.465. The number of allylic oxidation sites excluding steroid dienone is 3. The van der Waals surface area contributed by atoms with Crippen LogP contribution >= 0.6 is 0 Å². The van der Waals surface area contributed by atoms with Crippen LogP contribution in [0.2, 0.25) is 0 Å². The number of aryl methyl sites for hydroxylation is 3. The molecule has 1 heteroatoms. The van der Waals surface area contributed by atoms with Crippen molar-refractivity contribution in [2.75, 3.05) is 0 Å². The minimum Gasteiger partial charge on any atom is -0.388 e. The lowest BCUT2D eigenvalue weighted by atomic mass is 9.60. The van der Waals surface area contributed by atoms with Gasteiger partial charge in [0.05, 0.1) is 6.10 Å². The maximum atomic E-state index is 10.2. The smallest absolute Gasteiger partial charge is 0.0787 e. The maximum absolute atomic E-state index is 10.2. The number of hydrogen-bond donors (Lipinski definition) is 1. The van der Waals surface area contributed by atoms with Gasteiger partial charge in [0.15, 0.2) is 0 Å². The van der Waals surface area contributed by atoms with E-state index in [1.807, 2.05) is 0 Å². The summed E-state index contributed by atoms with van der Waals surface area (Å²) in [6.45, 7) is 13.7. The Labute approximate surface area is 203 Å². The average Bonchev–Trinajstić information content (AvgIpc) is 3.15. The zero-order valence-electron chi connectivity index (χ0n) is 21.6. The van der Waals surface area contributed by atoms with E-state index in [2.05, 4.69) is 64.6 Å². The Kier molecular flexibility index (Phi) is 7.69. The van der Waals surface area contributed by atoms with Gasteiger partial charge in [-0.05, 0) is 129 Å². The van der Waals surface area contributed by atoms with Crippen molar-refractivity contribution < 1.29 is 5.11 Å². The first-order valence-corrected chi connectivity index (χ1v) is 13.6. The molecular formula is C32H46O. The Morgan fingerprint density at radius 1 is 1.09 bits per heavy atom. The van der Waals surface area contributed by atoms with Gasteiger partial charge in [-0.25, -0.2) is 0 Å². The van der Waals surface area contributed by atoms with Crippen LogP contribution in [-0.4, -0.2) is 11.2 Å². The molecule has 0 aliphatic heterocycles. The van der Waals surface area contributed by atoms with E-state index in [1.165, 1.54) is 73.6 Å². The Morgan fingerprint density at radius 2 is 1.91 bits per heavy atom. The van der Waals surface area contributed by atoms with Crippen molar-refractivity contribution >= 4 is 0 Å². The van der Waals surface area contributed by atoms with Gasteiger partial charge < -0.3 is 5.11 Å². The van der Waals surface area contributed by atoms with E-state index < -0.39 is 0 Å². The first-order chi connectivity index (χ1) is 15.8. The van der Waals surface area contributed by atoms with Crippen molar-refractivity contribution in [1.82, 2.24) is 0 Å².